The number of alkyl halides is 1. The van der Waals surface area contributed by atoms with Gasteiger partial charge in [-0.2, -0.15) is 10.3 Å². The minimum absolute atomic E-state index is 0.343. The largest absolute Gasteiger partial charge is 0.337 e. The molecule has 0 aromatic carbocycles. The minimum Gasteiger partial charge on any atom is -0.337 e. The first-order chi connectivity index (χ1) is 5.83. The van der Waals surface area contributed by atoms with Crippen molar-refractivity contribution in [3.63, 3.8) is 0 Å². The molecule has 0 radical (unpaired) electrons. The molecule has 0 aliphatic rings. The number of aromatic amines is 1. The van der Waals surface area contributed by atoms with Gasteiger partial charge in [0, 0.05) is 12.4 Å². The summed E-state index contributed by atoms with van der Waals surface area (Å²) in [5.41, 5.74) is 0. The summed E-state index contributed by atoms with van der Waals surface area (Å²) in [7, 11) is 0. The van der Waals surface area contributed by atoms with Crippen molar-refractivity contribution in [3.05, 3.63) is 6.20 Å². The third-order valence-corrected chi connectivity index (χ3v) is 1.23. The lowest BCUT2D eigenvalue weighted by molar-refractivity contribution is 0.252. The van der Waals surface area contributed by atoms with E-state index >= 15 is 0 Å². The number of hydrogen-bond acceptors (Lipinski definition) is 3. The highest BCUT2D eigenvalue weighted by atomic mass is 35.5. The van der Waals surface area contributed by atoms with Crippen LogP contribution in [0.2, 0.25) is 0 Å². The molecule has 0 atom stereocenters. The van der Waals surface area contributed by atoms with Crippen LogP contribution in [0.1, 0.15) is 0 Å². The minimum atomic E-state index is -0.343. The van der Waals surface area contributed by atoms with E-state index < -0.39 is 0 Å². The molecule has 3 N–H and O–H groups in total. The molecule has 1 aromatic rings. The van der Waals surface area contributed by atoms with Crippen molar-refractivity contribution in [1.29, 1.82) is 0 Å². The zero-order valence-corrected chi connectivity index (χ0v) is 6.93. The van der Waals surface area contributed by atoms with Crippen molar-refractivity contribution in [1.82, 2.24) is 20.7 Å². The van der Waals surface area contributed by atoms with Crippen LogP contribution in [0, 0.1) is 0 Å². The highest BCUT2D eigenvalue weighted by molar-refractivity contribution is 6.18. The average molecular weight is 190 g/mol. The Kier molecular flexibility index (Phi) is 3.34. The highest BCUT2D eigenvalue weighted by Gasteiger charge is 2.00. The van der Waals surface area contributed by atoms with E-state index in [2.05, 4.69) is 26.0 Å². The first-order valence-electron chi connectivity index (χ1n) is 3.29. The molecule has 0 bridgehead atoms. The Morgan fingerprint density at radius 2 is 2.58 bits per heavy atom. The van der Waals surface area contributed by atoms with E-state index in [0.29, 0.717) is 18.2 Å². The maximum absolute atomic E-state index is 10.9. The van der Waals surface area contributed by atoms with Crippen molar-refractivity contribution in [2.75, 3.05) is 17.7 Å². The van der Waals surface area contributed by atoms with E-state index in [0.717, 1.165) is 0 Å². The molecule has 0 unspecified atom stereocenters. The van der Waals surface area contributed by atoms with Crippen molar-refractivity contribution in [3.8, 4) is 0 Å². The van der Waals surface area contributed by atoms with Crippen molar-refractivity contribution < 1.29 is 4.79 Å². The number of carbonyl (C=O) groups is 1. The van der Waals surface area contributed by atoms with E-state index in [-0.39, 0.29) is 6.03 Å². The number of urea groups is 1. The summed E-state index contributed by atoms with van der Waals surface area (Å²) in [5, 5.41) is 14.4. The molecule has 66 valence electrons. The first-order valence-corrected chi connectivity index (χ1v) is 3.83. The predicted octanol–water partition coefficient (Wildman–Crippen LogP) is 0.165. The topological polar surface area (TPSA) is 82.7 Å². The molecule has 0 spiro atoms. The summed E-state index contributed by atoms with van der Waals surface area (Å²) in [4.78, 5) is 10.9. The smallest absolute Gasteiger partial charge is 0.320 e. The number of nitrogens with one attached hydrogen (secondary N) is 3. The second kappa shape index (κ2) is 4.55. The molecular weight excluding hydrogens is 182 g/mol. The highest BCUT2D eigenvalue weighted by Crippen LogP contribution is 1.93. The van der Waals surface area contributed by atoms with E-state index in [4.69, 9.17) is 11.6 Å². The van der Waals surface area contributed by atoms with E-state index in [1.54, 1.807) is 0 Å². The quantitative estimate of drug-likeness (QED) is 0.593. The molecule has 1 rings (SSSR count). The molecule has 12 heavy (non-hydrogen) atoms. The number of H-pyrrole nitrogens is 1. The van der Waals surface area contributed by atoms with Gasteiger partial charge in [0.05, 0.1) is 6.20 Å². The lowest BCUT2D eigenvalue weighted by atomic mass is 10.7. The van der Waals surface area contributed by atoms with Gasteiger partial charge in [0.2, 0.25) is 0 Å². The number of amides is 2. The second-order valence-corrected chi connectivity index (χ2v) is 2.30. The molecule has 0 fully saturated rings. The summed E-state index contributed by atoms with van der Waals surface area (Å²) in [6.07, 6.45) is 1.40. The van der Waals surface area contributed by atoms with Crippen LogP contribution < -0.4 is 10.6 Å². The standard InChI is InChI=1S/C5H8ClN5O/c6-1-2-7-5(12)9-4-3-8-11-10-4/h3H,1-2H2,(H3,7,8,9,10,11,12). The van der Waals surface area contributed by atoms with Crippen LogP contribution in [0.25, 0.3) is 0 Å². The van der Waals surface area contributed by atoms with Crippen molar-refractivity contribution >= 4 is 23.4 Å². The fourth-order valence-electron chi connectivity index (χ4n) is 0.583. The normalized spacial score (nSPS) is 9.42. The number of hydrogen-bond donors (Lipinski definition) is 3. The molecule has 0 aliphatic heterocycles. The number of nitrogens with zero attached hydrogens (tertiary/aromatic N) is 2. The Morgan fingerprint density at radius 1 is 1.75 bits per heavy atom. The number of aromatic nitrogens is 3. The monoisotopic (exact) mass is 189 g/mol. The maximum atomic E-state index is 10.9. The molecular formula is C5H8ClN5O. The number of carbonyl (C=O) groups excluding carboxylic acids is 1. The Labute approximate surface area is 73.7 Å². The zero-order chi connectivity index (χ0) is 8.81. The summed E-state index contributed by atoms with van der Waals surface area (Å²) in [6.45, 7) is 0.422. The van der Waals surface area contributed by atoms with Gasteiger partial charge < -0.3 is 5.32 Å². The Bertz CT molecular complexity index is 236. The molecule has 0 saturated carbocycles. The van der Waals surface area contributed by atoms with Crippen molar-refractivity contribution in [2.45, 2.75) is 0 Å². The van der Waals surface area contributed by atoms with E-state index in [9.17, 15) is 4.79 Å². The van der Waals surface area contributed by atoms with E-state index in [1.807, 2.05) is 0 Å². The van der Waals surface area contributed by atoms with Gasteiger partial charge in [0.15, 0.2) is 5.82 Å². The number of rotatable bonds is 3. The van der Waals surface area contributed by atoms with Gasteiger partial charge in [-0.3, -0.25) is 5.32 Å². The van der Waals surface area contributed by atoms with Crippen LogP contribution >= 0.6 is 11.6 Å². The third-order valence-electron chi connectivity index (χ3n) is 1.04. The maximum Gasteiger partial charge on any atom is 0.320 e. The lowest BCUT2D eigenvalue weighted by Crippen LogP contribution is -2.30. The summed E-state index contributed by atoms with van der Waals surface area (Å²) in [6, 6.07) is -0.343. The molecule has 7 heteroatoms. The van der Waals surface area contributed by atoms with Gasteiger partial charge in [-0.25, -0.2) is 4.79 Å². The van der Waals surface area contributed by atoms with Gasteiger partial charge in [-0.05, 0) is 0 Å². The second-order valence-electron chi connectivity index (χ2n) is 1.93. The van der Waals surface area contributed by atoms with Crippen LogP contribution in [-0.4, -0.2) is 33.9 Å². The van der Waals surface area contributed by atoms with Gasteiger partial charge in [-0.1, -0.05) is 0 Å². The Morgan fingerprint density at radius 3 is 3.17 bits per heavy atom. The fraction of sp³-hybridized carbons (Fsp3) is 0.400. The molecule has 1 heterocycles. The van der Waals surface area contributed by atoms with E-state index in [1.165, 1.54) is 6.20 Å². The van der Waals surface area contributed by atoms with Gasteiger partial charge in [-0.15, -0.1) is 16.7 Å². The number of halogens is 1. The van der Waals surface area contributed by atoms with Crippen molar-refractivity contribution in [2.24, 2.45) is 0 Å². The summed E-state index contributed by atoms with van der Waals surface area (Å²) in [5.74, 6) is 0.758. The summed E-state index contributed by atoms with van der Waals surface area (Å²) < 4.78 is 0. The van der Waals surface area contributed by atoms with Gasteiger partial charge in [0.1, 0.15) is 0 Å². The van der Waals surface area contributed by atoms with Gasteiger partial charge in [0.25, 0.3) is 0 Å². The summed E-state index contributed by atoms with van der Waals surface area (Å²) >= 11 is 5.35. The van der Waals surface area contributed by atoms with Gasteiger partial charge >= 0.3 is 6.03 Å². The van der Waals surface area contributed by atoms with Crippen LogP contribution in [0.5, 0.6) is 0 Å². The fourth-order valence-corrected chi connectivity index (χ4v) is 0.678. The molecule has 2 amide bonds. The molecule has 6 nitrogen and oxygen atoms in total. The molecule has 1 aromatic heterocycles. The third kappa shape index (κ3) is 2.75. The van der Waals surface area contributed by atoms with Crippen LogP contribution in [0.3, 0.4) is 0 Å². The SMILES string of the molecule is O=C(NCCCl)Nc1cn[nH]n1. The van der Waals surface area contributed by atoms with Crippen LogP contribution in [0.15, 0.2) is 6.20 Å². The molecule has 0 aliphatic carbocycles. The lowest BCUT2D eigenvalue weighted by Gasteiger charge is -2.01. The van der Waals surface area contributed by atoms with Crippen LogP contribution in [0.4, 0.5) is 10.6 Å². The zero-order valence-electron chi connectivity index (χ0n) is 6.17. The Balaban J connectivity index is 2.27. The molecule has 0 saturated heterocycles. The predicted molar refractivity (Wildman–Crippen MR) is 44.1 cm³/mol. The van der Waals surface area contributed by atoms with Crippen LogP contribution in [-0.2, 0) is 0 Å². The number of anilines is 1. The Hall–Kier alpha value is -1.30. The first kappa shape index (κ1) is 8.79. The average Bonchev–Trinajstić information content (AvgIpc) is 2.53.